The van der Waals surface area contributed by atoms with E-state index in [0.717, 1.165) is 28.2 Å². The van der Waals surface area contributed by atoms with Crippen LogP contribution >= 0.6 is 0 Å². The highest BCUT2D eigenvalue weighted by Crippen LogP contribution is 2.31. The van der Waals surface area contributed by atoms with E-state index in [4.69, 9.17) is 9.47 Å². The van der Waals surface area contributed by atoms with Gasteiger partial charge in [0, 0.05) is 19.0 Å². The maximum absolute atomic E-state index is 13.4. The predicted octanol–water partition coefficient (Wildman–Crippen LogP) is 4.03. The summed E-state index contributed by atoms with van der Waals surface area (Å²) in [6.45, 7) is 9.33. The Bertz CT molecular complexity index is 941. The van der Waals surface area contributed by atoms with Gasteiger partial charge in [-0.2, -0.15) is 0 Å². The maximum atomic E-state index is 13.4. The molecule has 1 aliphatic heterocycles. The molecule has 0 radical (unpaired) electrons. The smallest absolute Gasteiger partial charge is 0.243 e. The van der Waals surface area contributed by atoms with E-state index in [1.54, 1.807) is 4.90 Å². The molecule has 172 valence electrons. The molecule has 0 bridgehead atoms. The molecule has 32 heavy (non-hydrogen) atoms. The molecule has 0 unspecified atom stereocenters. The molecule has 0 saturated carbocycles. The largest absolute Gasteiger partial charge is 0.486 e. The number of carbonyl (C=O) groups excluding carboxylic acids is 2. The summed E-state index contributed by atoms with van der Waals surface area (Å²) in [6.07, 6.45) is 1.44. The van der Waals surface area contributed by atoms with Crippen LogP contribution in [0.15, 0.2) is 42.5 Å². The Balaban J connectivity index is 1.77. The van der Waals surface area contributed by atoms with Crippen molar-refractivity contribution in [1.82, 2.24) is 10.2 Å². The fourth-order valence-electron chi connectivity index (χ4n) is 3.91. The lowest BCUT2D eigenvalue weighted by atomic mass is 10.0. The van der Waals surface area contributed by atoms with Gasteiger partial charge in [0.05, 0.1) is 0 Å². The molecule has 3 rings (SSSR count). The number of carbonyl (C=O) groups is 2. The normalized spacial score (nSPS) is 13.5. The van der Waals surface area contributed by atoms with E-state index in [-0.39, 0.29) is 17.9 Å². The Hall–Kier alpha value is -3.02. The first-order chi connectivity index (χ1) is 15.4. The average Bonchev–Trinajstić information content (AvgIpc) is 2.78. The minimum Gasteiger partial charge on any atom is -0.486 e. The summed E-state index contributed by atoms with van der Waals surface area (Å²) < 4.78 is 11.2. The number of hydrogen-bond acceptors (Lipinski definition) is 4. The van der Waals surface area contributed by atoms with Crippen molar-refractivity contribution in [3.05, 3.63) is 59.2 Å². The molecule has 1 atom stereocenters. The number of nitrogens with one attached hydrogen (secondary N) is 1. The van der Waals surface area contributed by atoms with Gasteiger partial charge in [-0.05, 0) is 62.4 Å². The van der Waals surface area contributed by atoms with Gasteiger partial charge in [0.2, 0.25) is 11.8 Å². The van der Waals surface area contributed by atoms with Gasteiger partial charge in [0.15, 0.2) is 11.5 Å². The molecule has 0 saturated heterocycles. The molecule has 1 N–H and O–H groups in total. The van der Waals surface area contributed by atoms with Crippen LogP contribution in [-0.2, 0) is 22.6 Å². The van der Waals surface area contributed by atoms with Gasteiger partial charge in [-0.3, -0.25) is 9.59 Å². The number of aryl methyl sites for hydroxylation is 2. The second-order valence-corrected chi connectivity index (χ2v) is 8.51. The third kappa shape index (κ3) is 6.02. The predicted molar refractivity (Wildman–Crippen MR) is 125 cm³/mol. The van der Waals surface area contributed by atoms with Crippen LogP contribution in [-0.4, -0.2) is 42.0 Å². The second kappa shape index (κ2) is 11.0. The van der Waals surface area contributed by atoms with Crippen molar-refractivity contribution in [2.24, 2.45) is 0 Å². The van der Waals surface area contributed by atoms with E-state index in [1.807, 2.05) is 70.2 Å². The molecule has 0 aromatic heterocycles. The molecule has 0 spiro atoms. The monoisotopic (exact) mass is 438 g/mol. The van der Waals surface area contributed by atoms with Gasteiger partial charge in [0.25, 0.3) is 0 Å². The minimum atomic E-state index is -0.509. The van der Waals surface area contributed by atoms with E-state index in [9.17, 15) is 9.59 Å². The highest BCUT2D eigenvalue weighted by atomic mass is 16.6. The number of ether oxygens (including phenoxy) is 2. The Morgan fingerprint density at radius 2 is 1.78 bits per heavy atom. The summed E-state index contributed by atoms with van der Waals surface area (Å²) in [7, 11) is 0. The maximum Gasteiger partial charge on any atom is 0.243 e. The molecular weight excluding hydrogens is 404 g/mol. The molecule has 2 aromatic rings. The van der Waals surface area contributed by atoms with Crippen LogP contribution in [0, 0.1) is 6.92 Å². The molecule has 2 amide bonds. The summed E-state index contributed by atoms with van der Waals surface area (Å²) >= 11 is 0. The molecule has 6 nitrogen and oxygen atoms in total. The lowest BCUT2D eigenvalue weighted by Gasteiger charge is -2.31. The molecule has 6 heteroatoms. The van der Waals surface area contributed by atoms with Crippen molar-refractivity contribution in [2.75, 3.05) is 13.2 Å². The zero-order chi connectivity index (χ0) is 23.1. The third-order valence-corrected chi connectivity index (χ3v) is 5.65. The lowest BCUT2D eigenvalue weighted by Crippen LogP contribution is -2.50. The second-order valence-electron chi connectivity index (χ2n) is 8.51. The van der Waals surface area contributed by atoms with Gasteiger partial charge in [-0.25, -0.2) is 0 Å². The van der Waals surface area contributed by atoms with Crippen molar-refractivity contribution < 1.29 is 19.1 Å². The van der Waals surface area contributed by atoms with Gasteiger partial charge in [0.1, 0.15) is 19.3 Å². The Kier molecular flexibility index (Phi) is 8.14. The first kappa shape index (κ1) is 23.6. The number of rotatable bonds is 9. The third-order valence-electron chi connectivity index (χ3n) is 5.65. The van der Waals surface area contributed by atoms with Crippen LogP contribution in [0.2, 0.25) is 0 Å². The van der Waals surface area contributed by atoms with Crippen LogP contribution in [0.1, 0.15) is 50.3 Å². The number of fused-ring (bicyclic) bond motifs is 1. The van der Waals surface area contributed by atoms with E-state index in [1.165, 1.54) is 0 Å². The summed E-state index contributed by atoms with van der Waals surface area (Å²) in [5, 5.41) is 2.97. The van der Waals surface area contributed by atoms with Crippen molar-refractivity contribution in [3.63, 3.8) is 0 Å². The van der Waals surface area contributed by atoms with E-state index >= 15 is 0 Å². The highest BCUT2D eigenvalue weighted by Gasteiger charge is 2.29. The summed E-state index contributed by atoms with van der Waals surface area (Å²) in [5.74, 6) is 1.32. The van der Waals surface area contributed by atoms with Crippen molar-refractivity contribution in [1.29, 1.82) is 0 Å². The fourth-order valence-corrected chi connectivity index (χ4v) is 3.91. The molecule has 1 heterocycles. The van der Waals surface area contributed by atoms with Crippen LogP contribution < -0.4 is 14.8 Å². The molecule has 2 aromatic carbocycles. The van der Waals surface area contributed by atoms with Gasteiger partial charge in [-0.15, -0.1) is 0 Å². The van der Waals surface area contributed by atoms with E-state index in [2.05, 4.69) is 5.32 Å². The van der Waals surface area contributed by atoms with Gasteiger partial charge in [-0.1, -0.05) is 37.3 Å². The number of benzene rings is 2. The fraction of sp³-hybridized carbons (Fsp3) is 0.462. The highest BCUT2D eigenvalue weighted by molar-refractivity contribution is 5.88. The Labute approximate surface area is 190 Å². The number of amides is 2. The first-order valence-corrected chi connectivity index (χ1v) is 11.4. The van der Waals surface area contributed by atoms with Crippen LogP contribution in [0.4, 0.5) is 0 Å². The van der Waals surface area contributed by atoms with E-state index < -0.39 is 6.04 Å². The molecule has 1 aliphatic rings. The van der Waals surface area contributed by atoms with Crippen molar-refractivity contribution in [3.8, 4) is 11.5 Å². The standard InChI is InChI=1S/C26H34N2O4/c1-5-22(26(30)27-18(2)3)28(17-21-9-7-6-8-19(21)4)25(29)13-11-20-10-12-23-24(16-20)32-15-14-31-23/h6-10,12,16,18,22H,5,11,13-15,17H2,1-4H3,(H,27,30)/t22-/m0/s1. The zero-order valence-corrected chi connectivity index (χ0v) is 19.5. The SMILES string of the molecule is CC[C@@H](C(=O)NC(C)C)N(Cc1ccccc1C)C(=O)CCc1ccc2c(c1)OCCO2. The Morgan fingerprint density at radius 3 is 2.47 bits per heavy atom. The van der Waals surface area contributed by atoms with Gasteiger partial charge < -0.3 is 19.7 Å². The molecule has 0 aliphatic carbocycles. The van der Waals surface area contributed by atoms with Gasteiger partial charge >= 0.3 is 0 Å². The summed E-state index contributed by atoms with van der Waals surface area (Å²) in [6, 6.07) is 13.3. The first-order valence-electron chi connectivity index (χ1n) is 11.4. The topological polar surface area (TPSA) is 67.9 Å². The number of nitrogens with zero attached hydrogens (tertiary/aromatic N) is 1. The quantitative estimate of drug-likeness (QED) is 0.642. The lowest BCUT2D eigenvalue weighted by molar-refractivity contribution is -0.141. The van der Waals surface area contributed by atoms with Crippen molar-refractivity contribution in [2.45, 2.75) is 65.6 Å². The minimum absolute atomic E-state index is 0.0182. The van der Waals surface area contributed by atoms with Crippen LogP contribution in [0.3, 0.4) is 0 Å². The zero-order valence-electron chi connectivity index (χ0n) is 19.5. The van der Waals surface area contributed by atoms with Crippen LogP contribution in [0.25, 0.3) is 0 Å². The van der Waals surface area contributed by atoms with Crippen LogP contribution in [0.5, 0.6) is 11.5 Å². The molecular formula is C26H34N2O4. The Morgan fingerprint density at radius 1 is 1.06 bits per heavy atom. The molecule has 0 fully saturated rings. The number of hydrogen-bond donors (Lipinski definition) is 1. The van der Waals surface area contributed by atoms with E-state index in [0.29, 0.717) is 39.0 Å². The summed E-state index contributed by atoms with van der Waals surface area (Å²) in [5.41, 5.74) is 3.17. The average molecular weight is 439 g/mol. The van der Waals surface area contributed by atoms with Crippen molar-refractivity contribution >= 4 is 11.8 Å². The summed E-state index contributed by atoms with van der Waals surface area (Å²) in [4.78, 5) is 28.0.